The highest BCUT2D eigenvalue weighted by atomic mass is 16.5. The highest BCUT2D eigenvalue weighted by Gasteiger charge is 2.04. The van der Waals surface area contributed by atoms with Gasteiger partial charge in [-0.05, 0) is 43.2 Å². The molecule has 2 amide bonds. The molecule has 3 rings (SSSR count). The first-order valence-electron chi connectivity index (χ1n) is 9.05. The molecule has 28 heavy (non-hydrogen) atoms. The first-order valence-corrected chi connectivity index (χ1v) is 9.05. The van der Waals surface area contributed by atoms with E-state index in [1.54, 1.807) is 6.21 Å². The number of ether oxygens (including phenoxy) is 1. The number of aryl methyl sites for hydroxylation is 2. The Bertz CT molecular complexity index is 966. The predicted molar refractivity (Wildman–Crippen MR) is 113 cm³/mol. The maximum absolute atomic E-state index is 12.0. The van der Waals surface area contributed by atoms with Gasteiger partial charge in [-0.1, -0.05) is 60.2 Å². The number of hydrazone groups is 1. The van der Waals surface area contributed by atoms with Crippen LogP contribution >= 0.6 is 0 Å². The van der Waals surface area contributed by atoms with Gasteiger partial charge in [-0.2, -0.15) is 5.10 Å². The number of hydrogen-bond acceptors (Lipinski definition) is 3. The molecule has 0 atom stereocenters. The monoisotopic (exact) mass is 373 g/mol. The van der Waals surface area contributed by atoms with E-state index in [1.165, 1.54) is 5.56 Å². The Morgan fingerprint density at radius 1 is 0.964 bits per heavy atom. The number of rotatable bonds is 6. The summed E-state index contributed by atoms with van der Waals surface area (Å²) < 4.78 is 5.91. The third-order valence-corrected chi connectivity index (χ3v) is 4.20. The van der Waals surface area contributed by atoms with Crippen molar-refractivity contribution in [3.05, 3.63) is 95.1 Å². The zero-order valence-corrected chi connectivity index (χ0v) is 16.0. The molecule has 3 aromatic carbocycles. The molecule has 0 aliphatic rings. The number of amides is 2. The van der Waals surface area contributed by atoms with Crippen LogP contribution in [0.25, 0.3) is 0 Å². The summed E-state index contributed by atoms with van der Waals surface area (Å²) in [5.74, 6) is 0.702. The molecular weight excluding hydrogens is 350 g/mol. The molecule has 0 spiro atoms. The molecule has 5 nitrogen and oxygen atoms in total. The molecule has 0 aliphatic heterocycles. The second-order valence-corrected chi connectivity index (χ2v) is 6.45. The molecule has 0 unspecified atom stereocenters. The van der Waals surface area contributed by atoms with Crippen molar-refractivity contribution < 1.29 is 9.53 Å². The third kappa shape index (κ3) is 5.45. The summed E-state index contributed by atoms with van der Waals surface area (Å²) in [5, 5.41) is 6.79. The number of urea groups is 1. The Morgan fingerprint density at radius 3 is 2.46 bits per heavy atom. The normalized spacial score (nSPS) is 10.6. The molecule has 0 fully saturated rings. The number of nitrogens with zero attached hydrogens (tertiary/aromatic N) is 1. The van der Waals surface area contributed by atoms with E-state index in [4.69, 9.17) is 4.74 Å². The molecule has 0 bridgehead atoms. The van der Waals surface area contributed by atoms with Gasteiger partial charge in [0.15, 0.2) is 0 Å². The number of carbonyl (C=O) groups excluding carboxylic acids is 1. The second-order valence-electron chi connectivity index (χ2n) is 6.45. The maximum Gasteiger partial charge on any atom is 0.339 e. The van der Waals surface area contributed by atoms with Gasteiger partial charge in [0.25, 0.3) is 0 Å². The summed E-state index contributed by atoms with van der Waals surface area (Å²) in [7, 11) is 0. The smallest absolute Gasteiger partial charge is 0.339 e. The van der Waals surface area contributed by atoms with Crippen LogP contribution < -0.4 is 15.5 Å². The standard InChI is InChI=1S/C23H23N3O2/c1-17-11-13-19(14-12-17)16-28-22-10-6-4-8-20(22)15-24-26-23(27)25-21-9-5-3-7-18(21)2/h3-15H,16H2,1-2H3,(H2,25,26,27). The molecule has 0 aromatic heterocycles. The van der Waals surface area contributed by atoms with Gasteiger partial charge in [0.1, 0.15) is 12.4 Å². The quantitative estimate of drug-likeness (QED) is 0.470. The Morgan fingerprint density at radius 2 is 1.68 bits per heavy atom. The average Bonchev–Trinajstić information content (AvgIpc) is 2.70. The van der Waals surface area contributed by atoms with Crippen LogP contribution in [-0.2, 0) is 6.61 Å². The fourth-order valence-corrected chi connectivity index (χ4v) is 2.59. The van der Waals surface area contributed by atoms with Crippen LogP contribution in [0.2, 0.25) is 0 Å². The van der Waals surface area contributed by atoms with Crippen molar-refractivity contribution in [1.29, 1.82) is 0 Å². The van der Waals surface area contributed by atoms with E-state index in [9.17, 15) is 4.79 Å². The molecule has 0 saturated heterocycles. The summed E-state index contributed by atoms with van der Waals surface area (Å²) in [6.45, 7) is 4.45. The van der Waals surface area contributed by atoms with Crippen molar-refractivity contribution in [1.82, 2.24) is 5.43 Å². The zero-order valence-electron chi connectivity index (χ0n) is 16.0. The van der Waals surface area contributed by atoms with Gasteiger partial charge >= 0.3 is 6.03 Å². The number of nitrogens with one attached hydrogen (secondary N) is 2. The van der Waals surface area contributed by atoms with Crippen LogP contribution in [0.4, 0.5) is 10.5 Å². The summed E-state index contributed by atoms with van der Waals surface area (Å²) in [5.41, 5.74) is 7.30. The molecule has 0 radical (unpaired) electrons. The fourth-order valence-electron chi connectivity index (χ4n) is 2.59. The predicted octanol–water partition coefficient (Wildman–Crippen LogP) is 5.04. The molecule has 0 saturated carbocycles. The van der Waals surface area contributed by atoms with Gasteiger partial charge in [-0.3, -0.25) is 0 Å². The van der Waals surface area contributed by atoms with Gasteiger partial charge in [0.05, 0.1) is 6.21 Å². The first-order chi connectivity index (χ1) is 13.6. The third-order valence-electron chi connectivity index (χ3n) is 4.20. The number of para-hydroxylation sites is 2. The van der Waals surface area contributed by atoms with Crippen LogP contribution in [0, 0.1) is 13.8 Å². The topological polar surface area (TPSA) is 62.7 Å². The van der Waals surface area contributed by atoms with Crippen molar-refractivity contribution in [2.45, 2.75) is 20.5 Å². The molecule has 5 heteroatoms. The highest BCUT2D eigenvalue weighted by molar-refractivity contribution is 5.91. The van der Waals surface area contributed by atoms with E-state index in [0.29, 0.717) is 12.4 Å². The Balaban J connectivity index is 1.58. The van der Waals surface area contributed by atoms with Gasteiger partial charge in [0, 0.05) is 11.3 Å². The van der Waals surface area contributed by atoms with Crippen molar-refractivity contribution in [3.8, 4) is 5.75 Å². The van der Waals surface area contributed by atoms with Gasteiger partial charge in [-0.25, -0.2) is 10.2 Å². The van der Waals surface area contributed by atoms with Crippen molar-refractivity contribution >= 4 is 17.9 Å². The van der Waals surface area contributed by atoms with Gasteiger partial charge < -0.3 is 10.1 Å². The van der Waals surface area contributed by atoms with E-state index in [1.807, 2.05) is 67.6 Å². The number of hydrogen-bond donors (Lipinski definition) is 2. The van der Waals surface area contributed by atoms with Crippen molar-refractivity contribution in [2.24, 2.45) is 5.10 Å². The summed E-state index contributed by atoms with van der Waals surface area (Å²) in [6.07, 6.45) is 1.57. The summed E-state index contributed by atoms with van der Waals surface area (Å²) >= 11 is 0. The number of benzene rings is 3. The zero-order chi connectivity index (χ0) is 19.8. The molecular formula is C23H23N3O2. The molecule has 0 aliphatic carbocycles. The van der Waals surface area contributed by atoms with Crippen LogP contribution in [0.5, 0.6) is 5.75 Å². The van der Waals surface area contributed by atoms with Crippen LogP contribution in [0.3, 0.4) is 0 Å². The van der Waals surface area contributed by atoms with Crippen molar-refractivity contribution in [2.75, 3.05) is 5.32 Å². The fraction of sp³-hybridized carbons (Fsp3) is 0.130. The minimum atomic E-state index is -0.399. The lowest BCUT2D eigenvalue weighted by Crippen LogP contribution is -2.24. The van der Waals surface area contributed by atoms with Crippen LogP contribution in [-0.4, -0.2) is 12.2 Å². The van der Waals surface area contributed by atoms with E-state index >= 15 is 0 Å². The molecule has 3 aromatic rings. The number of anilines is 1. The maximum atomic E-state index is 12.0. The molecule has 0 heterocycles. The highest BCUT2D eigenvalue weighted by Crippen LogP contribution is 2.18. The van der Waals surface area contributed by atoms with E-state index in [-0.39, 0.29) is 0 Å². The van der Waals surface area contributed by atoms with Crippen LogP contribution in [0.1, 0.15) is 22.3 Å². The van der Waals surface area contributed by atoms with Crippen LogP contribution in [0.15, 0.2) is 77.9 Å². The minimum Gasteiger partial charge on any atom is -0.488 e. The minimum absolute atomic E-state index is 0.399. The molecule has 2 N–H and O–H groups in total. The summed E-state index contributed by atoms with van der Waals surface area (Å²) in [4.78, 5) is 12.0. The van der Waals surface area contributed by atoms with Crippen molar-refractivity contribution in [3.63, 3.8) is 0 Å². The average molecular weight is 373 g/mol. The van der Waals surface area contributed by atoms with E-state index in [2.05, 4.69) is 34.9 Å². The first kappa shape index (κ1) is 19.2. The lowest BCUT2D eigenvalue weighted by molar-refractivity contribution is 0.252. The summed E-state index contributed by atoms with van der Waals surface area (Å²) in [6, 6.07) is 22.9. The van der Waals surface area contributed by atoms with Gasteiger partial charge in [0.2, 0.25) is 0 Å². The SMILES string of the molecule is Cc1ccc(COc2ccccc2C=NNC(=O)Nc2ccccc2C)cc1. The Labute approximate surface area is 165 Å². The lowest BCUT2D eigenvalue weighted by atomic mass is 10.1. The molecule has 142 valence electrons. The lowest BCUT2D eigenvalue weighted by Gasteiger charge is -2.09. The van der Waals surface area contributed by atoms with E-state index in [0.717, 1.165) is 22.4 Å². The Hall–Kier alpha value is -3.60. The second kappa shape index (κ2) is 9.37. The van der Waals surface area contributed by atoms with E-state index < -0.39 is 6.03 Å². The Kier molecular flexibility index (Phi) is 6.41. The number of carbonyl (C=O) groups is 1. The van der Waals surface area contributed by atoms with Gasteiger partial charge in [-0.15, -0.1) is 0 Å². The largest absolute Gasteiger partial charge is 0.488 e.